The molecule has 0 heterocycles. The molecule has 0 aliphatic carbocycles. The lowest BCUT2D eigenvalue weighted by molar-refractivity contribution is 0.438. The number of aromatic hydroxyl groups is 1. The Labute approximate surface area is 106 Å². The van der Waals surface area contributed by atoms with Crippen LogP contribution >= 0.6 is 0 Å². The van der Waals surface area contributed by atoms with Gasteiger partial charge in [-0.3, -0.25) is 0 Å². The van der Waals surface area contributed by atoms with Crippen LogP contribution < -0.4 is 0 Å². The molecule has 1 unspecified atom stereocenters. The molecule has 17 heavy (non-hydrogen) atoms. The second kappa shape index (κ2) is 8.16. The lowest BCUT2D eigenvalue weighted by atomic mass is 9.91. The zero-order chi connectivity index (χ0) is 12.5. The monoisotopic (exact) mass is 234 g/mol. The standard InChI is InChI=1S/C16H26O/c1-3-5-6-7-8-14(4-2)13-15-9-11-16(17)12-10-15/h9-12,14,17H,3-8,13H2,1-2H3. The number of phenolic OH excluding ortho intramolecular Hbond substituents is 1. The third-order valence-corrected chi connectivity index (χ3v) is 3.50. The van der Waals surface area contributed by atoms with E-state index in [0.717, 1.165) is 12.3 Å². The Hall–Kier alpha value is -0.980. The first-order chi connectivity index (χ1) is 8.26. The summed E-state index contributed by atoms with van der Waals surface area (Å²) < 4.78 is 0. The number of hydrogen-bond acceptors (Lipinski definition) is 1. The molecule has 0 radical (unpaired) electrons. The molecule has 1 rings (SSSR count). The van der Waals surface area contributed by atoms with Gasteiger partial charge < -0.3 is 5.11 Å². The number of hydrogen-bond donors (Lipinski definition) is 1. The molecule has 1 heteroatoms. The Balaban J connectivity index is 2.33. The predicted octanol–water partition coefficient (Wildman–Crippen LogP) is 4.93. The van der Waals surface area contributed by atoms with Gasteiger partial charge in [-0.15, -0.1) is 0 Å². The molecular formula is C16H26O. The Morgan fingerprint density at radius 3 is 2.29 bits per heavy atom. The Morgan fingerprint density at radius 1 is 1.00 bits per heavy atom. The van der Waals surface area contributed by atoms with Gasteiger partial charge in [-0.25, -0.2) is 0 Å². The predicted molar refractivity (Wildman–Crippen MR) is 74.4 cm³/mol. The van der Waals surface area contributed by atoms with E-state index in [0.29, 0.717) is 5.75 Å². The van der Waals surface area contributed by atoms with Crippen LogP contribution in [-0.4, -0.2) is 5.11 Å². The fourth-order valence-corrected chi connectivity index (χ4v) is 2.28. The van der Waals surface area contributed by atoms with Crippen LogP contribution in [0.3, 0.4) is 0 Å². The summed E-state index contributed by atoms with van der Waals surface area (Å²) in [5.74, 6) is 1.17. The van der Waals surface area contributed by atoms with Crippen molar-refractivity contribution in [3.05, 3.63) is 29.8 Å². The van der Waals surface area contributed by atoms with Crippen LogP contribution in [0.15, 0.2) is 24.3 Å². The zero-order valence-electron chi connectivity index (χ0n) is 11.3. The first-order valence-corrected chi connectivity index (χ1v) is 7.04. The average molecular weight is 234 g/mol. The van der Waals surface area contributed by atoms with Crippen LogP contribution in [0.2, 0.25) is 0 Å². The van der Waals surface area contributed by atoms with Crippen molar-refractivity contribution in [2.24, 2.45) is 5.92 Å². The van der Waals surface area contributed by atoms with E-state index in [2.05, 4.69) is 13.8 Å². The lowest BCUT2D eigenvalue weighted by Gasteiger charge is -2.14. The van der Waals surface area contributed by atoms with E-state index < -0.39 is 0 Å². The molecule has 0 aliphatic rings. The molecule has 0 spiro atoms. The number of unbranched alkanes of at least 4 members (excludes halogenated alkanes) is 3. The van der Waals surface area contributed by atoms with Gasteiger partial charge in [0.2, 0.25) is 0 Å². The van der Waals surface area contributed by atoms with Gasteiger partial charge in [-0.1, -0.05) is 64.5 Å². The van der Waals surface area contributed by atoms with Gasteiger partial charge in [0.1, 0.15) is 5.75 Å². The highest BCUT2D eigenvalue weighted by molar-refractivity contribution is 5.26. The van der Waals surface area contributed by atoms with Crippen LogP contribution in [0.4, 0.5) is 0 Å². The fraction of sp³-hybridized carbons (Fsp3) is 0.625. The topological polar surface area (TPSA) is 20.2 Å². The Bertz CT molecular complexity index is 289. The Kier molecular flexibility index (Phi) is 6.76. The SMILES string of the molecule is CCCCCCC(CC)Cc1ccc(O)cc1. The normalized spacial score (nSPS) is 12.6. The van der Waals surface area contributed by atoms with Crippen LogP contribution in [0.25, 0.3) is 0 Å². The van der Waals surface area contributed by atoms with Crippen LogP contribution in [0, 0.1) is 5.92 Å². The summed E-state index contributed by atoms with van der Waals surface area (Å²) in [5, 5.41) is 9.25. The second-order valence-electron chi connectivity index (χ2n) is 4.99. The van der Waals surface area contributed by atoms with E-state index in [1.807, 2.05) is 12.1 Å². The van der Waals surface area contributed by atoms with Crippen molar-refractivity contribution in [3.8, 4) is 5.75 Å². The van der Waals surface area contributed by atoms with E-state index in [9.17, 15) is 5.11 Å². The highest BCUT2D eigenvalue weighted by atomic mass is 16.3. The van der Waals surface area contributed by atoms with E-state index in [1.165, 1.54) is 44.1 Å². The van der Waals surface area contributed by atoms with Crippen molar-refractivity contribution in [2.45, 2.75) is 58.8 Å². The fourth-order valence-electron chi connectivity index (χ4n) is 2.28. The number of phenols is 1. The van der Waals surface area contributed by atoms with E-state index in [1.54, 1.807) is 12.1 Å². The minimum absolute atomic E-state index is 0.366. The third-order valence-electron chi connectivity index (χ3n) is 3.50. The summed E-state index contributed by atoms with van der Waals surface area (Å²) >= 11 is 0. The van der Waals surface area contributed by atoms with Gasteiger partial charge in [-0.05, 0) is 30.0 Å². The summed E-state index contributed by atoms with van der Waals surface area (Å²) in [6.45, 7) is 4.54. The molecule has 1 N–H and O–H groups in total. The van der Waals surface area contributed by atoms with Gasteiger partial charge in [0.25, 0.3) is 0 Å². The molecule has 0 saturated carbocycles. The van der Waals surface area contributed by atoms with E-state index >= 15 is 0 Å². The summed E-state index contributed by atoms with van der Waals surface area (Å²) in [4.78, 5) is 0. The Morgan fingerprint density at radius 2 is 1.71 bits per heavy atom. The maximum Gasteiger partial charge on any atom is 0.115 e. The maximum absolute atomic E-state index is 9.25. The van der Waals surface area contributed by atoms with Crippen molar-refractivity contribution < 1.29 is 5.11 Å². The summed E-state index contributed by atoms with van der Waals surface area (Å²) in [6, 6.07) is 7.67. The molecule has 1 aromatic rings. The quantitative estimate of drug-likeness (QED) is 0.632. The molecule has 0 bridgehead atoms. The molecule has 0 aliphatic heterocycles. The summed E-state index contributed by atoms with van der Waals surface area (Å²) in [6.07, 6.45) is 9.19. The molecular weight excluding hydrogens is 208 g/mol. The van der Waals surface area contributed by atoms with Gasteiger partial charge in [-0.2, -0.15) is 0 Å². The largest absolute Gasteiger partial charge is 0.508 e. The van der Waals surface area contributed by atoms with Crippen molar-refractivity contribution in [1.29, 1.82) is 0 Å². The summed E-state index contributed by atoms with van der Waals surface area (Å²) in [5.41, 5.74) is 1.35. The molecule has 1 atom stereocenters. The molecule has 0 saturated heterocycles. The highest BCUT2D eigenvalue weighted by Gasteiger charge is 2.07. The number of rotatable bonds is 8. The first kappa shape index (κ1) is 14.1. The van der Waals surface area contributed by atoms with Crippen LogP contribution in [-0.2, 0) is 6.42 Å². The second-order valence-corrected chi connectivity index (χ2v) is 4.99. The first-order valence-electron chi connectivity index (χ1n) is 7.04. The highest BCUT2D eigenvalue weighted by Crippen LogP contribution is 2.20. The van der Waals surface area contributed by atoms with E-state index in [-0.39, 0.29) is 0 Å². The van der Waals surface area contributed by atoms with Gasteiger partial charge in [0, 0.05) is 0 Å². The van der Waals surface area contributed by atoms with E-state index in [4.69, 9.17) is 0 Å². The van der Waals surface area contributed by atoms with Crippen molar-refractivity contribution >= 4 is 0 Å². The molecule has 1 nitrogen and oxygen atoms in total. The molecule has 96 valence electrons. The van der Waals surface area contributed by atoms with Crippen LogP contribution in [0.5, 0.6) is 5.75 Å². The van der Waals surface area contributed by atoms with Crippen LogP contribution in [0.1, 0.15) is 57.9 Å². The molecule has 0 amide bonds. The smallest absolute Gasteiger partial charge is 0.115 e. The number of benzene rings is 1. The molecule has 0 aromatic heterocycles. The van der Waals surface area contributed by atoms with Crippen molar-refractivity contribution in [1.82, 2.24) is 0 Å². The van der Waals surface area contributed by atoms with Gasteiger partial charge in [0.15, 0.2) is 0 Å². The minimum Gasteiger partial charge on any atom is -0.508 e. The zero-order valence-corrected chi connectivity index (χ0v) is 11.3. The molecule has 1 aromatic carbocycles. The third kappa shape index (κ3) is 5.76. The molecule has 0 fully saturated rings. The van der Waals surface area contributed by atoms with Crippen molar-refractivity contribution in [2.75, 3.05) is 0 Å². The minimum atomic E-state index is 0.366. The maximum atomic E-state index is 9.25. The van der Waals surface area contributed by atoms with Gasteiger partial charge >= 0.3 is 0 Å². The van der Waals surface area contributed by atoms with Gasteiger partial charge in [0.05, 0.1) is 0 Å². The summed E-state index contributed by atoms with van der Waals surface area (Å²) in [7, 11) is 0. The lowest BCUT2D eigenvalue weighted by Crippen LogP contribution is -2.03. The van der Waals surface area contributed by atoms with Crippen molar-refractivity contribution in [3.63, 3.8) is 0 Å². The average Bonchev–Trinajstić information content (AvgIpc) is 2.35.